The van der Waals surface area contributed by atoms with Gasteiger partial charge in [0, 0.05) is 29.5 Å². The SMILES string of the molecule is CC(NC(=O)c1cncc(C#CCN)c1)c1nccs1. The van der Waals surface area contributed by atoms with Crippen LogP contribution in [0.5, 0.6) is 0 Å². The van der Waals surface area contributed by atoms with E-state index in [1.54, 1.807) is 18.5 Å². The molecule has 20 heavy (non-hydrogen) atoms. The number of carbonyl (C=O) groups is 1. The van der Waals surface area contributed by atoms with Gasteiger partial charge < -0.3 is 11.1 Å². The summed E-state index contributed by atoms with van der Waals surface area (Å²) in [6, 6.07) is 1.56. The van der Waals surface area contributed by atoms with Gasteiger partial charge in [0.2, 0.25) is 0 Å². The zero-order valence-electron chi connectivity index (χ0n) is 11.0. The van der Waals surface area contributed by atoms with Crippen LogP contribution in [0.3, 0.4) is 0 Å². The van der Waals surface area contributed by atoms with Crippen LogP contribution in [0, 0.1) is 11.8 Å². The van der Waals surface area contributed by atoms with Crippen molar-refractivity contribution >= 4 is 17.2 Å². The Morgan fingerprint density at radius 3 is 3.10 bits per heavy atom. The molecule has 0 aromatic carbocycles. The Bertz CT molecular complexity index is 643. The predicted octanol–water partition coefficient (Wildman–Crippen LogP) is 1.34. The molecule has 2 heterocycles. The Balaban J connectivity index is 2.09. The number of nitrogens with zero attached hydrogens (tertiary/aromatic N) is 2. The van der Waals surface area contributed by atoms with E-state index < -0.39 is 0 Å². The summed E-state index contributed by atoms with van der Waals surface area (Å²) in [6.07, 6.45) is 4.83. The van der Waals surface area contributed by atoms with Crippen molar-refractivity contribution < 1.29 is 4.79 Å². The van der Waals surface area contributed by atoms with Gasteiger partial charge in [0.15, 0.2) is 0 Å². The molecule has 1 atom stereocenters. The molecule has 1 amide bonds. The second-order valence-electron chi connectivity index (χ2n) is 4.03. The van der Waals surface area contributed by atoms with Crippen molar-refractivity contribution in [3.8, 4) is 11.8 Å². The molecule has 2 aromatic rings. The van der Waals surface area contributed by atoms with E-state index in [1.165, 1.54) is 17.5 Å². The van der Waals surface area contributed by atoms with E-state index in [0.29, 0.717) is 11.1 Å². The summed E-state index contributed by atoms with van der Waals surface area (Å²) in [4.78, 5) is 20.3. The van der Waals surface area contributed by atoms with Gasteiger partial charge in [-0.2, -0.15) is 0 Å². The number of nitrogens with two attached hydrogens (primary N) is 1. The second kappa shape index (κ2) is 6.80. The first kappa shape index (κ1) is 14.2. The maximum absolute atomic E-state index is 12.1. The number of rotatable bonds is 3. The quantitative estimate of drug-likeness (QED) is 0.834. The Labute approximate surface area is 121 Å². The van der Waals surface area contributed by atoms with E-state index in [-0.39, 0.29) is 18.5 Å². The molecule has 3 N–H and O–H groups in total. The van der Waals surface area contributed by atoms with Crippen molar-refractivity contribution in [3.63, 3.8) is 0 Å². The molecular weight excluding hydrogens is 272 g/mol. The minimum atomic E-state index is -0.198. The molecule has 0 aliphatic heterocycles. The van der Waals surface area contributed by atoms with Crippen LogP contribution in [0.1, 0.15) is 33.9 Å². The maximum Gasteiger partial charge on any atom is 0.253 e. The fourth-order valence-electron chi connectivity index (χ4n) is 1.58. The van der Waals surface area contributed by atoms with Gasteiger partial charge in [0.25, 0.3) is 5.91 Å². The van der Waals surface area contributed by atoms with Crippen LogP contribution in [0.2, 0.25) is 0 Å². The largest absolute Gasteiger partial charge is 0.343 e. The Kier molecular flexibility index (Phi) is 4.82. The monoisotopic (exact) mass is 286 g/mol. The molecule has 0 radical (unpaired) electrons. The van der Waals surface area contributed by atoms with Crippen molar-refractivity contribution in [3.05, 3.63) is 46.2 Å². The van der Waals surface area contributed by atoms with Crippen molar-refractivity contribution in [2.75, 3.05) is 6.54 Å². The summed E-state index contributed by atoms with van der Waals surface area (Å²) in [5, 5.41) is 5.62. The van der Waals surface area contributed by atoms with Crippen LogP contribution in [0.15, 0.2) is 30.0 Å². The lowest BCUT2D eigenvalue weighted by Gasteiger charge is -2.11. The molecule has 0 spiro atoms. The van der Waals surface area contributed by atoms with Gasteiger partial charge in [-0.05, 0) is 13.0 Å². The van der Waals surface area contributed by atoms with Gasteiger partial charge in [0.1, 0.15) is 5.01 Å². The van der Waals surface area contributed by atoms with Gasteiger partial charge in [-0.3, -0.25) is 9.78 Å². The van der Waals surface area contributed by atoms with Crippen molar-refractivity contribution in [1.29, 1.82) is 0 Å². The maximum atomic E-state index is 12.1. The standard InChI is InChI=1S/C14H14N4OS/c1-10(14-17-5-6-20-14)18-13(19)12-7-11(3-2-4-15)8-16-9-12/h5-10H,4,15H2,1H3,(H,18,19). The summed E-state index contributed by atoms with van der Waals surface area (Å²) < 4.78 is 0. The minimum absolute atomic E-state index is 0.138. The summed E-state index contributed by atoms with van der Waals surface area (Å²) >= 11 is 1.50. The molecule has 5 nitrogen and oxygen atoms in total. The third-order valence-corrected chi connectivity index (χ3v) is 3.46. The van der Waals surface area contributed by atoms with E-state index >= 15 is 0 Å². The lowest BCUT2D eigenvalue weighted by Crippen LogP contribution is -2.26. The third-order valence-electron chi connectivity index (χ3n) is 2.50. The first-order valence-electron chi connectivity index (χ1n) is 6.05. The first-order valence-corrected chi connectivity index (χ1v) is 6.93. The van der Waals surface area contributed by atoms with Gasteiger partial charge in [0.05, 0.1) is 18.2 Å². The predicted molar refractivity (Wildman–Crippen MR) is 78.2 cm³/mol. The molecular formula is C14H14N4OS. The average Bonchev–Trinajstić information content (AvgIpc) is 2.99. The fourth-order valence-corrected chi connectivity index (χ4v) is 2.22. The highest BCUT2D eigenvalue weighted by Crippen LogP contribution is 2.15. The molecule has 2 rings (SSSR count). The van der Waals surface area contributed by atoms with Crippen molar-refractivity contribution in [2.45, 2.75) is 13.0 Å². The molecule has 1 unspecified atom stereocenters. The number of amides is 1. The number of nitrogens with one attached hydrogen (secondary N) is 1. The minimum Gasteiger partial charge on any atom is -0.343 e. The van der Waals surface area contributed by atoms with E-state index in [1.807, 2.05) is 12.3 Å². The number of thiazole rings is 1. The normalized spacial score (nSPS) is 11.3. The van der Waals surface area contributed by atoms with Crippen LogP contribution in [0.25, 0.3) is 0 Å². The summed E-state index contributed by atoms with van der Waals surface area (Å²) in [5.41, 5.74) is 6.46. The lowest BCUT2D eigenvalue weighted by molar-refractivity contribution is 0.0939. The topological polar surface area (TPSA) is 80.9 Å². The fraction of sp³-hybridized carbons (Fsp3) is 0.214. The molecule has 0 saturated carbocycles. The van der Waals surface area contributed by atoms with E-state index in [4.69, 9.17) is 5.73 Å². The van der Waals surface area contributed by atoms with Crippen molar-refractivity contribution in [2.24, 2.45) is 5.73 Å². The molecule has 0 saturated heterocycles. The first-order chi connectivity index (χ1) is 9.70. The van der Waals surface area contributed by atoms with Crippen LogP contribution in [-0.2, 0) is 0 Å². The Morgan fingerprint density at radius 2 is 2.40 bits per heavy atom. The molecule has 0 fully saturated rings. The Hall–Kier alpha value is -2.23. The van der Waals surface area contributed by atoms with Crippen LogP contribution in [0.4, 0.5) is 0 Å². The van der Waals surface area contributed by atoms with Crippen LogP contribution in [-0.4, -0.2) is 22.4 Å². The molecule has 0 aliphatic rings. The van der Waals surface area contributed by atoms with Crippen molar-refractivity contribution in [1.82, 2.24) is 15.3 Å². The molecule has 102 valence electrons. The number of hydrogen-bond acceptors (Lipinski definition) is 5. The zero-order valence-corrected chi connectivity index (χ0v) is 11.8. The summed E-state index contributed by atoms with van der Waals surface area (Å²) in [5.74, 6) is 5.39. The summed E-state index contributed by atoms with van der Waals surface area (Å²) in [7, 11) is 0. The average molecular weight is 286 g/mol. The number of aromatic nitrogens is 2. The molecule has 0 aliphatic carbocycles. The van der Waals surface area contributed by atoms with E-state index in [9.17, 15) is 4.79 Å². The number of carbonyl (C=O) groups excluding carboxylic acids is 1. The Morgan fingerprint density at radius 1 is 1.55 bits per heavy atom. The molecule has 6 heteroatoms. The van der Waals surface area contributed by atoms with E-state index in [0.717, 1.165) is 5.01 Å². The number of pyridine rings is 1. The second-order valence-corrected chi connectivity index (χ2v) is 4.96. The number of hydrogen-bond donors (Lipinski definition) is 2. The van der Waals surface area contributed by atoms with Crippen LogP contribution < -0.4 is 11.1 Å². The van der Waals surface area contributed by atoms with E-state index in [2.05, 4.69) is 27.1 Å². The van der Waals surface area contributed by atoms with Gasteiger partial charge in [-0.1, -0.05) is 11.8 Å². The summed E-state index contributed by atoms with van der Waals surface area (Å²) in [6.45, 7) is 2.17. The van der Waals surface area contributed by atoms with Gasteiger partial charge >= 0.3 is 0 Å². The van der Waals surface area contributed by atoms with Gasteiger partial charge in [-0.25, -0.2) is 4.98 Å². The highest BCUT2D eigenvalue weighted by atomic mass is 32.1. The molecule has 0 bridgehead atoms. The molecule has 2 aromatic heterocycles. The van der Waals surface area contributed by atoms with Crippen LogP contribution >= 0.6 is 11.3 Å². The van der Waals surface area contributed by atoms with Gasteiger partial charge in [-0.15, -0.1) is 11.3 Å². The third kappa shape index (κ3) is 3.63. The highest BCUT2D eigenvalue weighted by Gasteiger charge is 2.13. The highest BCUT2D eigenvalue weighted by molar-refractivity contribution is 7.09. The zero-order chi connectivity index (χ0) is 14.4. The smallest absolute Gasteiger partial charge is 0.253 e. The lowest BCUT2D eigenvalue weighted by atomic mass is 10.2.